The third kappa shape index (κ3) is 6.37. The van der Waals surface area contributed by atoms with E-state index in [9.17, 15) is 9.90 Å². The van der Waals surface area contributed by atoms with E-state index in [2.05, 4.69) is 23.7 Å². The van der Waals surface area contributed by atoms with Crippen molar-refractivity contribution in [2.75, 3.05) is 0 Å². The molecule has 0 aliphatic heterocycles. The molecule has 92 valence electrons. The Kier molecular flexibility index (Phi) is 6.11. The van der Waals surface area contributed by atoms with E-state index in [1.165, 1.54) is 0 Å². The molecule has 0 aliphatic rings. The van der Waals surface area contributed by atoms with E-state index in [4.69, 9.17) is 5.11 Å². The van der Waals surface area contributed by atoms with Gasteiger partial charge in [0, 0.05) is 12.8 Å². The number of carbonyl (C=O) groups is 1. The molecule has 0 saturated carbocycles. The summed E-state index contributed by atoms with van der Waals surface area (Å²) < 4.78 is 0. The molecule has 0 aliphatic carbocycles. The average molecular weight is 242 g/mol. The Labute approximate surface area is 106 Å². The van der Waals surface area contributed by atoms with E-state index in [1.807, 2.05) is 30.3 Å². The van der Waals surface area contributed by atoms with Crippen LogP contribution in [-0.2, 0) is 11.2 Å². The van der Waals surface area contributed by atoms with Crippen molar-refractivity contribution in [2.45, 2.75) is 25.4 Å². The number of rotatable bonds is 4. The maximum Gasteiger partial charge on any atom is 0.304 e. The molecule has 3 heteroatoms. The van der Waals surface area contributed by atoms with Gasteiger partial charge in [0.05, 0.1) is 6.42 Å². The lowest BCUT2D eigenvalue weighted by Crippen LogP contribution is -2.06. The first-order chi connectivity index (χ1) is 8.68. The quantitative estimate of drug-likeness (QED) is 0.786. The van der Waals surface area contributed by atoms with Crippen molar-refractivity contribution in [2.24, 2.45) is 0 Å². The van der Waals surface area contributed by atoms with Crippen molar-refractivity contribution in [1.29, 1.82) is 0 Å². The summed E-state index contributed by atoms with van der Waals surface area (Å²) in [4.78, 5) is 10.2. The molecule has 0 spiro atoms. The summed E-state index contributed by atoms with van der Waals surface area (Å²) in [6.07, 6.45) is 0.00574. The van der Waals surface area contributed by atoms with Gasteiger partial charge in [-0.3, -0.25) is 4.79 Å². The maximum atomic E-state index is 10.2. The Bertz CT molecular complexity index is 497. The summed E-state index contributed by atoms with van der Waals surface area (Å²) in [7, 11) is 0. The molecule has 1 aromatic carbocycles. The van der Waals surface area contributed by atoms with Crippen molar-refractivity contribution < 1.29 is 15.0 Å². The van der Waals surface area contributed by atoms with Crippen LogP contribution in [0.25, 0.3) is 0 Å². The monoisotopic (exact) mass is 242 g/mol. The minimum absolute atomic E-state index is 0.0151. The van der Waals surface area contributed by atoms with Crippen LogP contribution in [0, 0.1) is 23.7 Å². The predicted molar refractivity (Wildman–Crippen MR) is 68.6 cm³/mol. The number of aliphatic carboxylic acids is 1. The van der Waals surface area contributed by atoms with Gasteiger partial charge >= 0.3 is 5.97 Å². The predicted octanol–water partition coefficient (Wildman–Crippen LogP) is 1.46. The molecule has 0 heterocycles. The fourth-order valence-corrected chi connectivity index (χ4v) is 1.28. The third-order valence-corrected chi connectivity index (χ3v) is 2.13. The standard InChI is InChI=1S/C15H14O3/c16-14(12-13-8-4-3-5-9-13)10-6-1-2-7-11-15(17)18/h3-5,8-9,14,16H,7,11-12H2,(H,17,18). The Morgan fingerprint density at radius 1 is 1.22 bits per heavy atom. The Morgan fingerprint density at radius 2 is 1.94 bits per heavy atom. The fraction of sp³-hybridized carbons (Fsp3) is 0.267. The number of aliphatic hydroxyl groups is 1. The molecule has 0 fully saturated rings. The van der Waals surface area contributed by atoms with Crippen LogP contribution in [0.3, 0.4) is 0 Å². The van der Waals surface area contributed by atoms with Gasteiger partial charge in [0.1, 0.15) is 6.10 Å². The van der Waals surface area contributed by atoms with Crippen molar-refractivity contribution >= 4 is 5.97 Å². The molecule has 0 amide bonds. The van der Waals surface area contributed by atoms with E-state index in [1.54, 1.807) is 0 Å². The molecule has 1 unspecified atom stereocenters. The second-order valence-electron chi connectivity index (χ2n) is 3.67. The van der Waals surface area contributed by atoms with Gasteiger partial charge in [0.25, 0.3) is 0 Å². The summed E-state index contributed by atoms with van der Waals surface area (Å²) in [5.74, 6) is 9.40. The number of hydrogen-bond acceptors (Lipinski definition) is 2. The summed E-state index contributed by atoms with van der Waals surface area (Å²) in [5, 5.41) is 18.0. The van der Waals surface area contributed by atoms with E-state index in [-0.39, 0.29) is 12.8 Å². The Morgan fingerprint density at radius 3 is 2.61 bits per heavy atom. The molecule has 0 aromatic heterocycles. The van der Waals surface area contributed by atoms with E-state index in [0.717, 1.165) is 5.56 Å². The van der Waals surface area contributed by atoms with E-state index < -0.39 is 12.1 Å². The number of carboxylic acids is 1. The zero-order valence-corrected chi connectivity index (χ0v) is 9.89. The lowest BCUT2D eigenvalue weighted by atomic mass is 10.1. The second-order valence-corrected chi connectivity index (χ2v) is 3.67. The van der Waals surface area contributed by atoms with Gasteiger partial charge in [-0.1, -0.05) is 42.2 Å². The molecule has 1 aromatic rings. The maximum absolute atomic E-state index is 10.2. The number of carboxylic acid groups (broad SMARTS) is 1. The van der Waals surface area contributed by atoms with Gasteiger partial charge in [-0.05, 0) is 17.4 Å². The Hall–Kier alpha value is -2.23. The van der Waals surface area contributed by atoms with Crippen molar-refractivity contribution in [3.63, 3.8) is 0 Å². The van der Waals surface area contributed by atoms with Gasteiger partial charge in [0.15, 0.2) is 0 Å². The smallest absolute Gasteiger partial charge is 0.304 e. The topological polar surface area (TPSA) is 57.5 Å². The third-order valence-electron chi connectivity index (χ3n) is 2.13. The SMILES string of the molecule is O=C(O)CCC#CC#CC(O)Cc1ccccc1. The highest BCUT2D eigenvalue weighted by atomic mass is 16.4. The highest BCUT2D eigenvalue weighted by Crippen LogP contribution is 2.01. The first-order valence-corrected chi connectivity index (χ1v) is 5.60. The van der Waals surface area contributed by atoms with Crippen LogP contribution in [0.15, 0.2) is 30.3 Å². The number of hydrogen-bond donors (Lipinski definition) is 2. The highest BCUT2D eigenvalue weighted by Gasteiger charge is 1.99. The van der Waals surface area contributed by atoms with Crippen LogP contribution >= 0.6 is 0 Å². The second kappa shape index (κ2) is 7.95. The van der Waals surface area contributed by atoms with E-state index in [0.29, 0.717) is 6.42 Å². The fourth-order valence-electron chi connectivity index (χ4n) is 1.28. The normalized spacial score (nSPS) is 10.5. The summed E-state index contributed by atoms with van der Waals surface area (Å²) in [6.45, 7) is 0. The zero-order valence-electron chi connectivity index (χ0n) is 9.89. The number of benzene rings is 1. The molecule has 0 bridgehead atoms. The van der Waals surface area contributed by atoms with Crippen LogP contribution < -0.4 is 0 Å². The summed E-state index contributed by atoms with van der Waals surface area (Å²) >= 11 is 0. The zero-order chi connectivity index (χ0) is 13.2. The van der Waals surface area contributed by atoms with Crippen molar-refractivity contribution in [1.82, 2.24) is 0 Å². The molecular weight excluding hydrogens is 228 g/mol. The van der Waals surface area contributed by atoms with Crippen LogP contribution in [0.4, 0.5) is 0 Å². The molecule has 1 atom stereocenters. The van der Waals surface area contributed by atoms with Crippen molar-refractivity contribution in [3.05, 3.63) is 35.9 Å². The van der Waals surface area contributed by atoms with Crippen LogP contribution in [-0.4, -0.2) is 22.3 Å². The largest absolute Gasteiger partial charge is 0.481 e. The minimum Gasteiger partial charge on any atom is -0.481 e. The molecule has 1 rings (SSSR count). The molecular formula is C15H14O3. The first kappa shape index (κ1) is 13.8. The van der Waals surface area contributed by atoms with Crippen LogP contribution in [0.1, 0.15) is 18.4 Å². The van der Waals surface area contributed by atoms with Gasteiger partial charge in [-0.15, -0.1) is 0 Å². The molecule has 2 N–H and O–H groups in total. The van der Waals surface area contributed by atoms with Gasteiger partial charge < -0.3 is 10.2 Å². The summed E-state index contributed by atoms with van der Waals surface area (Å²) in [5.41, 5.74) is 1.01. The highest BCUT2D eigenvalue weighted by molar-refractivity contribution is 5.67. The summed E-state index contributed by atoms with van der Waals surface area (Å²) in [6, 6.07) is 9.56. The number of aliphatic hydroxyl groups excluding tert-OH is 1. The van der Waals surface area contributed by atoms with Gasteiger partial charge in [-0.25, -0.2) is 0 Å². The first-order valence-electron chi connectivity index (χ1n) is 5.60. The van der Waals surface area contributed by atoms with Gasteiger partial charge in [-0.2, -0.15) is 0 Å². The minimum atomic E-state index is -0.874. The lowest BCUT2D eigenvalue weighted by Gasteiger charge is -2.01. The lowest BCUT2D eigenvalue weighted by molar-refractivity contribution is -0.136. The van der Waals surface area contributed by atoms with Crippen LogP contribution in [0.2, 0.25) is 0 Å². The molecule has 0 saturated heterocycles. The van der Waals surface area contributed by atoms with Crippen molar-refractivity contribution in [3.8, 4) is 23.7 Å². The van der Waals surface area contributed by atoms with E-state index >= 15 is 0 Å². The molecule has 0 radical (unpaired) electrons. The Balaban J connectivity index is 2.36. The molecule has 3 nitrogen and oxygen atoms in total. The van der Waals surface area contributed by atoms with Crippen LogP contribution in [0.5, 0.6) is 0 Å². The molecule has 18 heavy (non-hydrogen) atoms. The van der Waals surface area contributed by atoms with Gasteiger partial charge in [0.2, 0.25) is 0 Å². The average Bonchev–Trinajstić information content (AvgIpc) is 2.34.